The molecule has 28 heavy (non-hydrogen) atoms. The Morgan fingerprint density at radius 2 is 1.93 bits per heavy atom. The lowest BCUT2D eigenvalue weighted by Gasteiger charge is -2.56. The van der Waals surface area contributed by atoms with Crippen molar-refractivity contribution in [3.05, 3.63) is 42.5 Å². The average Bonchev–Trinajstić information content (AvgIpc) is 2.62. The summed E-state index contributed by atoms with van der Waals surface area (Å²) in [6.45, 7) is 13.7. The molecule has 5 nitrogen and oxygen atoms in total. The highest BCUT2D eigenvalue weighted by Gasteiger charge is 2.52. The van der Waals surface area contributed by atoms with Gasteiger partial charge in [-0.25, -0.2) is 4.79 Å². The van der Waals surface area contributed by atoms with E-state index >= 15 is 0 Å². The molecule has 0 bridgehead atoms. The molecule has 2 N–H and O–H groups in total. The van der Waals surface area contributed by atoms with Crippen molar-refractivity contribution in [3.8, 4) is 0 Å². The van der Waals surface area contributed by atoms with Gasteiger partial charge >= 0.3 is 5.97 Å². The summed E-state index contributed by atoms with van der Waals surface area (Å²) in [5.74, 6) is 0.0390. The van der Waals surface area contributed by atoms with Gasteiger partial charge in [0.15, 0.2) is 6.10 Å². The Balaban J connectivity index is 2.51. The number of hydrogen-bond acceptors (Lipinski definition) is 5. The van der Waals surface area contributed by atoms with E-state index in [1.165, 1.54) is 0 Å². The van der Waals surface area contributed by atoms with Gasteiger partial charge in [-0.2, -0.15) is 0 Å². The number of carbonyl (C=O) groups excluding carboxylic acids is 1. The van der Waals surface area contributed by atoms with Crippen molar-refractivity contribution in [2.75, 3.05) is 11.5 Å². The summed E-state index contributed by atoms with van der Waals surface area (Å²) in [4.78, 5) is 14.5. The minimum atomic E-state index is -0.789. The Morgan fingerprint density at radius 1 is 1.32 bits per heavy atom. The highest BCUT2D eigenvalue weighted by molar-refractivity contribution is 5.87. The molecule has 0 saturated carbocycles. The normalized spacial score (nSPS) is 25.4. The van der Waals surface area contributed by atoms with Crippen LogP contribution >= 0.6 is 0 Å². The molecule has 5 heteroatoms. The fourth-order valence-corrected chi connectivity index (χ4v) is 4.55. The Kier molecular flexibility index (Phi) is 7.29. The van der Waals surface area contributed by atoms with Crippen LogP contribution in [-0.2, 0) is 9.53 Å². The summed E-state index contributed by atoms with van der Waals surface area (Å²) in [5, 5.41) is 20.6. The first kappa shape index (κ1) is 22.4. The van der Waals surface area contributed by atoms with E-state index in [0.717, 1.165) is 5.69 Å². The molecule has 0 spiro atoms. The molecule has 0 aromatic heterocycles. The Labute approximate surface area is 169 Å². The Hall–Kier alpha value is -1.85. The first-order valence-electron chi connectivity index (χ1n) is 10.1. The zero-order valence-corrected chi connectivity index (χ0v) is 17.8. The molecule has 4 atom stereocenters. The summed E-state index contributed by atoms with van der Waals surface area (Å²) >= 11 is 0. The van der Waals surface area contributed by atoms with Gasteiger partial charge in [-0.3, -0.25) is 0 Å². The topological polar surface area (TPSA) is 70.0 Å². The van der Waals surface area contributed by atoms with E-state index in [-0.39, 0.29) is 18.6 Å². The second-order valence-corrected chi connectivity index (χ2v) is 8.76. The number of carbonyl (C=O) groups is 1. The van der Waals surface area contributed by atoms with Crippen LogP contribution in [0.2, 0.25) is 0 Å². The number of esters is 1. The van der Waals surface area contributed by atoms with Gasteiger partial charge in [-0.1, -0.05) is 38.6 Å². The number of piperidine rings is 1. The molecule has 1 heterocycles. The number of ether oxygens (including phenoxy) is 1. The van der Waals surface area contributed by atoms with E-state index in [2.05, 4.69) is 25.3 Å². The highest BCUT2D eigenvalue weighted by atomic mass is 16.6. The minimum Gasteiger partial charge on any atom is -0.454 e. The monoisotopic (exact) mass is 389 g/mol. The van der Waals surface area contributed by atoms with Gasteiger partial charge in [0.2, 0.25) is 0 Å². The molecule has 4 unspecified atom stereocenters. The Bertz CT molecular complexity index is 670. The van der Waals surface area contributed by atoms with Gasteiger partial charge in [-0.05, 0) is 57.6 Å². The van der Waals surface area contributed by atoms with Crippen LogP contribution in [0.5, 0.6) is 0 Å². The third-order valence-corrected chi connectivity index (χ3v) is 5.91. The number of nitrogens with zero attached hydrogens (tertiary/aromatic N) is 1. The number of rotatable bonds is 7. The van der Waals surface area contributed by atoms with E-state index in [4.69, 9.17) is 4.74 Å². The Morgan fingerprint density at radius 3 is 2.43 bits per heavy atom. The maximum absolute atomic E-state index is 12.2. The van der Waals surface area contributed by atoms with E-state index in [9.17, 15) is 15.0 Å². The summed E-state index contributed by atoms with van der Waals surface area (Å²) in [7, 11) is 0. The van der Waals surface area contributed by atoms with E-state index in [0.29, 0.717) is 24.3 Å². The van der Waals surface area contributed by atoms with Crippen LogP contribution < -0.4 is 4.90 Å². The summed E-state index contributed by atoms with van der Waals surface area (Å²) < 4.78 is 5.70. The first-order valence-corrected chi connectivity index (χ1v) is 10.1. The number of para-hydroxylation sites is 1. The maximum atomic E-state index is 12.2. The second kappa shape index (κ2) is 9.10. The molecule has 1 aliphatic rings. The quantitative estimate of drug-likeness (QED) is 0.551. The van der Waals surface area contributed by atoms with Crippen LogP contribution in [0.25, 0.3) is 0 Å². The average molecular weight is 390 g/mol. The number of aliphatic hydroxyl groups is 2. The van der Waals surface area contributed by atoms with Gasteiger partial charge in [0, 0.05) is 23.9 Å². The van der Waals surface area contributed by atoms with Gasteiger partial charge < -0.3 is 19.8 Å². The lowest BCUT2D eigenvalue weighted by molar-refractivity contribution is -0.160. The molecule has 0 radical (unpaired) electrons. The fourth-order valence-electron chi connectivity index (χ4n) is 4.55. The van der Waals surface area contributed by atoms with Gasteiger partial charge in [0.05, 0.1) is 11.6 Å². The first-order chi connectivity index (χ1) is 13.1. The number of benzene rings is 1. The smallest absolute Gasteiger partial charge is 0.333 e. The maximum Gasteiger partial charge on any atom is 0.333 e. The molecule has 2 rings (SSSR count). The number of anilines is 1. The fraction of sp³-hybridized carbons (Fsp3) is 0.609. The van der Waals surface area contributed by atoms with Crippen LogP contribution in [0.15, 0.2) is 42.5 Å². The third-order valence-electron chi connectivity index (χ3n) is 5.91. The van der Waals surface area contributed by atoms with E-state index in [1.54, 1.807) is 6.92 Å². The van der Waals surface area contributed by atoms with E-state index < -0.39 is 23.7 Å². The van der Waals surface area contributed by atoms with Crippen molar-refractivity contribution in [1.29, 1.82) is 0 Å². The number of aliphatic hydroxyl groups excluding tert-OH is 2. The van der Waals surface area contributed by atoms with Crippen molar-refractivity contribution in [1.82, 2.24) is 0 Å². The summed E-state index contributed by atoms with van der Waals surface area (Å²) in [6.07, 6.45) is -0.349. The highest BCUT2D eigenvalue weighted by Crippen LogP contribution is 2.42. The van der Waals surface area contributed by atoms with E-state index in [1.807, 2.05) is 44.2 Å². The predicted octanol–water partition coefficient (Wildman–Crippen LogP) is 3.55. The van der Waals surface area contributed by atoms with Crippen molar-refractivity contribution < 1.29 is 19.7 Å². The molecule has 1 aliphatic heterocycles. The second-order valence-electron chi connectivity index (χ2n) is 8.76. The summed E-state index contributed by atoms with van der Waals surface area (Å²) in [6, 6.07) is 10.0. The standard InChI is InChI=1S/C23H35NO4/c1-15(2)18(12-13-25)19-14-20(26)21(28-22(27)16(3)4)23(5,6)24(19)17-10-8-7-9-11-17/h7-11,15,18-21,25-26H,3,12-14H2,1-2,4-6H3. The third kappa shape index (κ3) is 4.58. The zero-order valence-electron chi connectivity index (χ0n) is 17.8. The van der Waals surface area contributed by atoms with Crippen LogP contribution in [0.1, 0.15) is 47.5 Å². The van der Waals surface area contributed by atoms with Crippen molar-refractivity contribution >= 4 is 11.7 Å². The van der Waals surface area contributed by atoms with Crippen LogP contribution in [-0.4, -0.2) is 46.6 Å². The van der Waals surface area contributed by atoms with Crippen LogP contribution in [0.4, 0.5) is 5.69 Å². The lowest BCUT2D eigenvalue weighted by Crippen LogP contribution is -2.68. The molecule has 1 saturated heterocycles. The number of hydrogen-bond donors (Lipinski definition) is 2. The SMILES string of the molecule is C=C(C)C(=O)OC1C(O)CC(C(CCO)C(C)C)N(c2ccccc2)C1(C)C. The lowest BCUT2D eigenvalue weighted by atomic mass is 9.73. The van der Waals surface area contributed by atoms with Crippen molar-refractivity contribution in [2.45, 2.75) is 71.2 Å². The van der Waals surface area contributed by atoms with Gasteiger partial charge in [0.25, 0.3) is 0 Å². The minimum absolute atomic E-state index is 0.0133. The molecule has 1 aromatic rings. The molecule has 156 valence electrons. The van der Waals surface area contributed by atoms with Gasteiger partial charge in [0.1, 0.15) is 0 Å². The molecule has 0 aliphatic carbocycles. The summed E-state index contributed by atoms with van der Waals surface area (Å²) in [5.41, 5.74) is 0.693. The van der Waals surface area contributed by atoms with Gasteiger partial charge in [-0.15, -0.1) is 0 Å². The zero-order chi connectivity index (χ0) is 21.1. The molecule has 1 fully saturated rings. The molecule has 1 aromatic carbocycles. The molecular formula is C23H35NO4. The predicted molar refractivity (Wildman–Crippen MR) is 112 cm³/mol. The van der Waals surface area contributed by atoms with Crippen molar-refractivity contribution in [3.63, 3.8) is 0 Å². The van der Waals surface area contributed by atoms with Crippen LogP contribution in [0, 0.1) is 11.8 Å². The molecule has 0 amide bonds. The van der Waals surface area contributed by atoms with Crippen LogP contribution in [0.3, 0.4) is 0 Å². The largest absolute Gasteiger partial charge is 0.454 e. The molecular weight excluding hydrogens is 354 g/mol. The van der Waals surface area contributed by atoms with Crippen molar-refractivity contribution in [2.24, 2.45) is 11.8 Å².